The monoisotopic (exact) mass is 371 g/mol. The maximum Gasteiger partial charge on any atom is 0.139 e. The van der Waals surface area contributed by atoms with Crippen molar-refractivity contribution in [2.75, 3.05) is 13.1 Å². The van der Waals surface area contributed by atoms with Crippen molar-refractivity contribution in [2.45, 2.75) is 90.5 Å². The Morgan fingerprint density at radius 1 is 0.889 bits per heavy atom. The number of carbonyl (C=O) groups excluding carboxylic acids is 2. The van der Waals surface area contributed by atoms with Gasteiger partial charge in [0.1, 0.15) is 11.6 Å². The van der Waals surface area contributed by atoms with Crippen molar-refractivity contribution in [3.8, 4) is 0 Å². The number of ketones is 2. The van der Waals surface area contributed by atoms with Crippen LogP contribution in [0.2, 0.25) is 0 Å². The predicted octanol–water partition coefficient (Wildman–Crippen LogP) is 4.63. The van der Waals surface area contributed by atoms with E-state index in [1.165, 1.54) is 51.6 Å². The van der Waals surface area contributed by atoms with E-state index in [9.17, 15) is 9.59 Å². The fraction of sp³-hybridized carbons (Fsp3) is 0.917. The number of fused-ring (bicyclic) bond motifs is 5. The molecule has 150 valence electrons. The summed E-state index contributed by atoms with van der Waals surface area (Å²) in [6.07, 6.45) is 12.3. The van der Waals surface area contributed by atoms with E-state index in [2.05, 4.69) is 18.7 Å². The molecule has 3 heteroatoms. The van der Waals surface area contributed by atoms with Gasteiger partial charge < -0.3 is 0 Å². The van der Waals surface area contributed by atoms with Crippen LogP contribution in [0.1, 0.15) is 84.5 Å². The highest BCUT2D eigenvalue weighted by molar-refractivity contribution is 5.87. The minimum atomic E-state index is -0.0323. The molecule has 0 N–H and O–H groups in total. The summed E-state index contributed by atoms with van der Waals surface area (Å²) in [7, 11) is 0. The third-order valence-electron chi connectivity index (χ3n) is 10.1. The molecule has 0 aromatic heterocycles. The van der Waals surface area contributed by atoms with E-state index >= 15 is 0 Å². The fourth-order valence-electron chi connectivity index (χ4n) is 8.63. The van der Waals surface area contributed by atoms with Gasteiger partial charge in [-0.25, -0.2) is 0 Å². The van der Waals surface area contributed by atoms with Crippen molar-refractivity contribution >= 4 is 11.6 Å². The first-order valence-corrected chi connectivity index (χ1v) is 11.7. The van der Waals surface area contributed by atoms with E-state index in [4.69, 9.17) is 0 Å². The van der Waals surface area contributed by atoms with E-state index in [0.29, 0.717) is 29.4 Å². The van der Waals surface area contributed by atoms with E-state index in [0.717, 1.165) is 43.9 Å². The first-order valence-electron chi connectivity index (χ1n) is 11.7. The molecule has 4 saturated carbocycles. The average molecular weight is 372 g/mol. The molecule has 7 atom stereocenters. The lowest BCUT2D eigenvalue weighted by molar-refractivity contribution is -0.161. The van der Waals surface area contributed by atoms with E-state index in [1.807, 2.05) is 0 Å². The van der Waals surface area contributed by atoms with Gasteiger partial charge in [-0.1, -0.05) is 20.3 Å². The molecule has 27 heavy (non-hydrogen) atoms. The molecule has 0 radical (unpaired) electrons. The summed E-state index contributed by atoms with van der Waals surface area (Å²) in [5, 5.41) is 0. The molecule has 5 rings (SSSR count). The fourth-order valence-corrected chi connectivity index (χ4v) is 8.63. The van der Waals surface area contributed by atoms with E-state index in [1.54, 1.807) is 0 Å². The van der Waals surface area contributed by atoms with Gasteiger partial charge in [0.25, 0.3) is 0 Å². The second-order valence-electron chi connectivity index (χ2n) is 11.0. The first-order chi connectivity index (χ1) is 12.9. The van der Waals surface area contributed by atoms with Gasteiger partial charge in [0.15, 0.2) is 0 Å². The summed E-state index contributed by atoms with van der Waals surface area (Å²) in [5.74, 6) is 3.69. The quantitative estimate of drug-likeness (QED) is 0.674. The van der Waals surface area contributed by atoms with Crippen LogP contribution in [0.3, 0.4) is 0 Å². The number of hydrogen-bond acceptors (Lipinski definition) is 3. The molecule has 3 nitrogen and oxygen atoms in total. The standard InChI is InChI=1S/C24H37NO2/c1-23-11-10-20-18(19(23)8-9-22(23)27)7-6-16-14-17(26)15-21(24(16,20)2)25-12-4-3-5-13-25/h16,18-21H,3-15H2,1-2H3/t16-,18-,19-,20-,21?,23-,24-/m0/s1. The Morgan fingerprint density at radius 2 is 1.67 bits per heavy atom. The molecule has 5 aliphatic rings. The summed E-state index contributed by atoms with van der Waals surface area (Å²) < 4.78 is 0. The third-order valence-corrected chi connectivity index (χ3v) is 10.1. The zero-order valence-corrected chi connectivity index (χ0v) is 17.3. The van der Waals surface area contributed by atoms with Crippen LogP contribution in [-0.2, 0) is 9.59 Å². The SMILES string of the molecule is C[C@]12C(N3CCCCC3)CC(=O)C[C@@H]1CC[C@@H]1[C@@H]2CC[C@]2(C)C(=O)CC[C@@H]12. The average Bonchev–Trinajstić information content (AvgIpc) is 2.97. The number of likely N-dealkylation sites (tertiary alicyclic amines) is 1. The second-order valence-corrected chi connectivity index (χ2v) is 11.0. The van der Waals surface area contributed by atoms with Gasteiger partial charge in [-0.3, -0.25) is 14.5 Å². The highest BCUT2D eigenvalue weighted by Crippen LogP contribution is 2.65. The van der Waals surface area contributed by atoms with E-state index < -0.39 is 0 Å². The van der Waals surface area contributed by atoms with Crippen molar-refractivity contribution in [3.05, 3.63) is 0 Å². The second kappa shape index (κ2) is 6.40. The van der Waals surface area contributed by atoms with Crippen LogP contribution in [0.15, 0.2) is 0 Å². The number of Topliss-reactive ketones (excluding diaryl/α,β-unsaturated/α-hetero) is 2. The predicted molar refractivity (Wildman–Crippen MR) is 106 cm³/mol. The topological polar surface area (TPSA) is 37.4 Å². The molecule has 5 fully saturated rings. The molecule has 0 amide bonds. The summed E-state index contributed by atoms with van der Waals surface area (Å²) in [4.78, 5) is 28.1. The van der Waals surface area contributed by atoms with Gasteiger partial charge in [0, 0.05) is 30.7 Å². The van der Waals surface area contributed by atoms with Crippen LogP contribution in [0.25, 0.3) is 0 Å². The normalized spacial score (nSPS) is 50.8. The van der Waals surface area contributed by atoms with Crippen LogP contribution >= 0.6 is 0 Å². The lowest BCUT2D eigenvalue weighted by Gasteiger charge is -2.63. The number of carbonyl (C=O) groups is 2. The van der Waals surface area contributed by atoms with Gasteiger partial charge in [-0.05, 0) is 87.1 Å². The van der Waals surface area contributed by atoms with Gasteiger partial charge >= 0.3 is 0 Å². The Balaban J connectivity index is 1.50. The number of nitrogens with zero attached hydrogens (tertiary/aromatic N) is 1. The molecule has 4 aliphatic carbocycles. The summed E-state index contributed by atoms with van der Waals surface area (Å²) in [6, 6.07) is 0.457. The Labute approximate surface area is 164 Å². The molecular weight excluding hydrogens is 334 g/mol. The van der Waals surface area contributed by atoms with Gasteiger partial charge in [-0.2, -0.15) is 0 Å². The van der Waals surface area contributed by atoms with Crippen LogP contribution < -0.4 is 0 Å². The van der Waals surface area contributed by atoms with Gasteiger partial charge in [0.2, 0.25) is 0 Å². The van der Waals surface area contributed by atoms with Gasteiger partial charge in [0.05, 0.1) is 0 Å². The minimum Gasteiger partial charge on any atom is -0.300 e. The number of rotatable bonds is 1. The van der Waals surface area contributed by atoms with Crippen molar-refractivity contribution in [1.29, 1.82) is 0 Å². The highest BCUT2D eigenvalue weighted by Gasteiger charge is 2.63. The zero-order valence-electron chi connectivity index (χ0n) is 17.3. The Hall–Kier alpha value is -0.700. The lowest BCUT2D eigenvalue weighted by Crippen LogP contribution is -2.63. The minimum absolute atomic E-state index is 0.0323. The molecular formula is C24H37NO2. The zero-order chi connectivity index (χ0) is 18.8. The van der Waals surface area contributed by atoms with Crippen molar-refractivity contribution in [2.24, 2.45) is 34.5 Å². The Bertz CT molecular complexity index is 638. The number of hydrogen-bond donors (Lipinski definition) is 0. The largest absolute Gasteiger partial charge is 0.300 e. The van der Waals surface area contributed by atoms with Crippen molar-refractivity contribution < 1.29 is 9.59 Å². The van der Waals surface area contributed by atoms with Crippen LogP contribution in [0.5, 0.6) is 0 Å². The third kappa shape index (κ3) is 2.56. The summed E-state index contributed by atoms with van der Waals surface area (Å²) in [6.45, 7) is 7.23. The molecule has 1 aliphatic heterocycles. The molecule has 1 saturated heterocycles. The molecule has 1 unspecified atom stereocenters. The Kier molecular flexibility index (Phi) is 4.35. The molecule has 0 spiro atoms. The maximum atomic E-state index is 12.7. The van der Waals surface area contributed by atoms with Gasteiger partial charge in [-0.15, -0.1) is 0 Å². The molecule has 0 aromatic rings. The van der Waals surface area contributed by atoms with E-state index in [-0.39, 0.29) is 10.8 Å². The van der Waals surface area contributed by atoms with Crippen molar-refractivity contribution in [3.63, 3.8) is 0 Å². The van der Waals surface area contributed by atoms with Crippen molar-refractivity contribution in [1.82, 2.24) is 4.90 Å². The highest BCUT2D eigenvalue weighted by atomic mass is 16.1. The molecule has 0 aromatic carbocycles. The molecule has 0 bridgehead atoms. The van der Waals surface area contributed by atoms with Crippen LogP contribution in [-0.4, -0.2) is 35.6 Å². The molecule has 1 heterocycles. The smallest absolute Gasteiger partial charge is 0.139 e. The summed E-state index contributed by atoms with van der Waals surface area (Å²) >= 11 is 0. The number of piperidine rings is 1. The lowest BCUT2D eigenvalue weighted by atomic mass is 9.44. The summed E-state index contributed by atoms with van der Waals surface area (Å²) in [5.41, 5.74) is 0.247. The van der Waals surface area contributed by atoms with Crippen LogP contribution in [0, 0.1) is 34.5 Å². The van der Waals surface area contributed by atoms with Crippen LogP contribution in [0.4, 0.5) is 0 Å². The Morgan fingerprint density at radius 3 is 2.44 bits per heavy atom. The maximum absolute atomic E-state index is 12.7. The first kappa shape index (κ1) is 18.3.